The highest BCUT2D eigenvalue weighted by Gasteiger charge is 2.18. The van der Waals surface area contributed by atoms with Gasteiger partial charge < -0.3 is 14.0 Å². The fourth-order valence-corrected chi connectivity index (χ4v) is 4.51. The molecule has 4 rings (SSSR count). The van der Waals surface area contributed by atoms with Gasteiger partial charge in [-0.3, -0.25) is 4.79 Å². The number of carbonyl (C=O) groups is 1. The predicted octanol–water partition coefficient (Wildman–Crippen LogP) is 3.91. The van der Waals surface area contributed by atoms with E-state index in [4.69, 9.17) is 9.47 Å². The van der Waals surface area contributed by atoms with Crippen molar-refractivity contribution < 1.29 is 14.3 Å². The van der Waals surface area contributed by atoms with Gasteiger partial charge in [-0.15, -0.1) is 11.8 Å². The number of amides is 1. The topological polar surface area (TPSA) is 52.8 Å². The number of fused-ring (bicyclic) bond motifs is 2. The van der Waals surface area contributed by atoms with Gasteiger partial charge in [0.1, 0.15) is 0 Å². The first kappa shape index (κ1) is 16.2. The molecule has 0 unspecified atom stereocenters. The van der Waals surface area contributed by atoms with E-state index in [-0.39, 0.29) is 12.7 Å². The largest absolute Gasteiger partial charge is 0.454 e. The number of benzene rings is 2. The monoisotopic (exact) mass is 372 g/mol. The van der Waals surface area contributed by atoms with E-state index in [0.29, 0.717) is 10.4 Å². The van der Waals surface area contributed by atoms with Crippen molar-refractivity contribution in [2.45, 2.75) is 18.4 Å². The molecule has 2 aromatic carbocycles. The summed E-state index contributed by atoms with van der Waals surface area (Å²) in [6.07, 6.45) is 1.96. The molecule has 3 aromatic rings. The fourth-order valence-electron chi connectivity index (χ4n) is 2.82. The Morgan fingerprint density at radius 1 is 1.28 bits per heavy atom. The van der Waals surface area contributed by atoms with Gasteiger partial charge in [0, 0.05) is 23.6 Å². The molecule has 0 atom stereocenters. The summed E-state index contributed by atoms with van der Waals surface area (Å²) < 4.78 is 14.0. The first-order valence-electron chi connectivity index (χ1n) is 7.86. The van der Waals surface area contributed by atoms with Crippen molar-refractivity contribution in [3.05, 3.63) is 46.8 Å². The van der Waals surface area contributed by atoms with Crippen molar-refractivity contribution in [2.24, 2.45) is 4.99 Å². The second-order valence-electron chi connectivity index (χ2n) is 5.42. The van der Waals surface area contributed by atoms with Crippen LogP contribution in [0.4, 0.5) is 0 Å². The van der Waals surface area contributed by atoms with Crippen LogP contribution in [0.1, 0.15) is 17.3 Å². The summed E-state index contributed by atoms with van der Waals surface area (Å²) in [7, 11) is 0. The Labute approximate surface area is 152 Å². The zero-order valence-electron chi connectivity index (χ0n) is 13.8. The van der Waals surface area contributed by atoms with Crippen LogP contribution >= 0.6 is 23.1 Å². The number of hydrogen-bond acceptors (Lipinski definition) is 5. The molecule has 7 heteroatoms. The number of aromatic nitrogens is 1. The molecule has 25 heavy (non-hydrogen) atoms. The standard InChI is InChI=1S/C18H16N2O3S2/c1-3-20-12-8-13-14(23-10-22-13)9-16(12)25-18(20)19-17(21)11-6-4-5-7-15(11)24-2/h4-9H,3,10H2,1-2H3. The highest BCUT2D eigenvalue weighted by Crippen LogP contribution is 2.37. The minimum Gasteiger partial charge on any atom is -0.454 e. The average molecular weight is 372 g/mol. The molecule has 0 saturated heterocycles. The van der Waals surface area contributed by atoms with E-state index in [2.05, 4.69) is 4.99 Å². The van der Waals surface area contributed by atoms with E-state index < -0.39 is 0 Å². The molecule has 1 aliphatic heterocycles. The lowest BCUT2D eigenvalue weighted by atomic mass is 10.2. The molecule has 0 aliphatic carbocycles. The normalized spacial score (nSPS) is 13.6. The molecule has 1 aromatic heterocycles. The first-order chi connectivity index (χ1) is 12.2. The number of thiazole rings is 1. The van der Waals surface area contributed by atoms with Gasteiger partial charge >= 0.3 is 0 Å². The van der Waals surface area contributed by atoms with E-state index in [9.17, 15) is 4.79 Å². The van der Waals surface area contributed by atoms with Crippen molar-refractivity contribution in [2.75, 3.05) is 13.0 Å². The maximum atomic E-state index is 12.7. The van der Waals surface area contributed by atoms with Gasteiger partial charge in [-0.1, -0.05) is 23.5 Å². The lowest BCUT2D eigenvalue weighted by molar-refractivity contribution is 0.0995. The fraction of sp³-hybridized carbons (Fsp3) is 0.222. The van der Waals surface area contributed by atoms with E-state index in [1.54, 1.807) is 11.8 Å². The highest BCUT2D eigenvalue weighted by molar-refractivity contribution is 7.98. The van der Waals surface area contributed by atoms with Crippen LogP contribution in [0.3, 0.4) is 0 Å². The van der Waals surface area contributed by atoms with Crippen LogP contribution in [0.25, 0.3) is 10.2 Å². The van der Waals surface area contributed by atoms with E-state index in [0.717, 1.165) is 33.2 Å². The first-order valence-corrected chi connectivity index (χ1v) is 9.90. The minimum atomic E-state index is -0.223. The molecule has 1 amide bonds. The Morgan fingerprint density at radius 3 is 2.80 bits per heavy atom. The summed E-state index contributed by atoms with van der Waals surface area (Å²) >= 11 is 3.03. The van der Waals surface area contributed by atoms with E-state index >= 15 is 0 Å². The molecule has 0 bridgehead atoms. The van der Waals surface area contributed by atoms with E-state index in [1.807, 2.05) is 54.1 Å². The van der Waals surface area contributed by atoms with Gasteiger partial charge in [0.2, 0.25) is 6.79 Å². The third-order valence-electron chi connectivity index (χ3n) is 4.03. The summed E-state index contributed by atoms with van der Waals surface area (Å²) in [6, 6.07) is 11.4. The van der Waals surface area contributed by atoms with Gasteiger partial charge in [-0.05, 0) is 25.3 Å². The van der Waals surface area contributed by atoms with Crippen molar-refractivity contribution >= 4 is 39.2 Å². The molecule has 2 heterocycles. The zero-order valence-corrected chi connectivity index (χ0v) is 15.4. The van der Waals surface area contributed by atoms with Crippen molar-refractivity contribution in [3.8, 4) is 11.5 Å². The quantitative estimate of drug-likeness (QED) is 0.654. The third kappa shape index (κ3) is 2.83. The number of aryl methyl sites for hydroxylation is 1. The molecule has 5 nitrogen and oxygen atoms in total. The number of ether oxygens (including phenoxy) is 2. The van der Waals surface area contributed by atoms with Crippen molar-refractivity contribution in [3.63, 3.8) is 0 Å². The Kier molecular flexibility index (Phi) is 4.27. The molecule has 0 saturated carbocycles. The molecule has 0 N–H and O–H groups in total. The summed E-state index contributed by atoms with van der Waals surface area (Å²) in [5, 5.41) is 0. The van der Waals surface area contributed by atoms with Crippen molar-refractivity contribution in [1.29, 1.82) is 0 Å². The second kappa shape index (κ2) is 6.57. The Bertz CT molecular complexity index is 1040. The predicted molar refractivity (Wildman–Crippen MR) is 99.7 cm³/mol. The molecule has 0 spiro atoms. The summed E-state index contributed by atoms with van der Waals surface area (Å²) in [6.45, 7) is 3.01. The van der Waals surface area contributed by atoms with Gasteiger partial charge in [0.15, 0.2) is 16.3 Å². The lowest BCUT2D eigenvalue weighted by Crippen LogP contribution is -2.16. The summed E-state index contributed by atoms with van der Waals surface area (Å²) in [4.78, 5) is 18.7. The number of thioether (sulfide) groups is 1. The van der Waals surface area contributed by atoms with Crippen LogP contribution in [-0.4, -0.2) is 23.5 Å². The molecule has 128 valence electrons. The van der Waals surface area contributed by atoms with Gasteiger partial charge in [0.05, 0.1) is 15.8 Å². The maximum Gasteiger partial charge on any atom is 0.280 e. The highest BCUT2D eigenvalue weighted by atomic mass is 32.2. The number of nitrogens with zero attached hydrogens (tertiary/aromatic N) is 2. The summed E-state index contributed by atoms with van der Waals surface area (Å²) in [5.41, 5.74) is 1.63. The van der Waals surface area contributed by atoms with E-state index in [1.165, 1.54) is 11.3 Å². The minimum absolute atomic E-state index is 0.223. The smallest absolute Gasteiger partial charge is 0.280 e. The van der Waals surface area contributed by atoms with Crippen LogP contribution in [0.15, 0.2) is 46.3 Å². The lowest BCUT2D eigenvalue weighted by Gasteiger charge is -2.03. The molecular weight excluding hydrogens is 356 g/mol. The van der Waals surface area contributed by atoms with Crippen LogP contribution in [0.2, 0.25) is 0 Å². The zero-order chi connectivity index (χ0) is 17.4. The number of hydrogen-bond donors (Lipinski definition) is 0. The number of rotatable bonds is 3. The Morgan fingerprint density at radius 2 is 2.04 bits per heavy atom. The van der Waals surface area contributed by atoms with Crippen LogP contribution in [0.5, 0.6) is 11.5 Å². The SMILES string of the molecule is CCn1c(=NC(=O)c2ccccc2SC)sc2cc3c(cc21)OCO3. The van der Waals surface area contributed by atoms with Crippen LogP contribution in [-0.2, 0) is 6.54 Å². The molecule has 0 radical (unpaired) electrons. The van der Waals surface area contributed by atoms with Gasteiger partial charge in [-0.25, -0.2) is 0 Å². The Balaban J connectivity index is 1.85. The molecule has 1 aliphatic rings. The van der Waals surface area contributed by atoms with Crippen molar-refractivity contribution in [1.82, 2.24) is 4.57 Å². The average Bonchev–Trinajstić information content (AvgIpc) is 3.22. The number of carbonyl (C=O) groups excluding carboxylic acids is 1. The molecular formula is C18H16N2O3S2. The third-order valence-corrected chi connectivity index (χ3v) is 5.86. The Hall–Kier alpha value is -2.25. The summed E-state index contributed by atoms with van der Waals surface area (Å²) in [5.74, 6) is 1.25. The molecule has 0 fully saturated rings. The van der Waals surface area contributed by atoms with Crippen LogP contribution in [0, 0.1) is 0 Å². The maximum absolute atomic E-state index is 12.7. The van der Waals surface area contributed by atoms with Gasteiger partial charge in [0.25, 0.3) is 5.91 Å². The van der Waals surface area contributed by atoms with Crippen LogP contribution < -0.4 is 14.3 Å². The van der Waals surface area contributed by atoms with Gasteiger partial charge in [-0.2, -0.15) is 4.99 Å². The second-order valence-corrected chi connectivity index (χ2v) is 7.28.